The predicted octanol–water partition coefficient (Wildman–Crippen LogP) is 2.97. The van der Waals surface area contributed by atoms with E-state index in [0.717, 1.165) is 20.5 Å². The minimum absolute atomic E-state index is 0.0176. The van der Waals surface area contributed by atoms with Gasteiger partial charge in [-0.25, -0.2) is 8.42 Å². The van der Waals surface area contributed by atoms with E-state index in [4.69, 9.17) is 0 Å². The molecule has 0 aliphatic carbocycles. The van der Waals surface area contributed by atoms with Crippen molar-refractivity contribution in [3.63, 3.8) is 0 Å². The molecule has 0 saturated carbocycles. The lowest BCUT2D eigenvalue weighted by Crippen LogP contribution is -2.35. The fraction of sp³-hybridized carbons (Fsp3) is 0.333. The molecule has 9 heteroatoms. The molecule has 2 aromatic carbocycles. The van der Waals surface area contributed by atoms with Crippen LogP contribution in [0.3, 0.4) is 0 Å². The van der Waals surface area contributed by atoms with Crippen LogP contribution in [0.2, 0.25) is 0 Å². The highest BCUT2D eigenvalue weighted by Gasteiger charge is 2.31. The van der Waals surface area contributed by atoms with Gasteiger partial charge in [-0.3, -0.25) is 9.59 Å². The molecular formula is C21H25N3O4S2. The zero-order chi connectivity index (χ0) is 22.1. The molecule has 1 aliphatic rings. The van der Waals surface area contributed by atoms with Gasteiger partial charge in [0.05, 0.1) is 11.4 Å². The highest BCUT2D eigenvalue weighted by Crippen LogP contribution is 2.34. The summed E-state index contributed by atoms with van der Waals surface area (Å²) in [6.07, 6.45) is 2.53. The Kier molecular flexibility index (Phi) is 6.54. The second kappa shape index (κ2) is 8.79. The number of hydrogen-bond acceptors (Lipinski definition) is 5. The second-order valence-electron chi connectivity index (χ2n) is 7.27. The third kappa shape index (κ3) is 4.53. The Balaban J connectivity index is 1.74. The third-order valence-electron chi connectivity index (χ3n) is 5.03. The number of thioether (sulfide) groups is 1. The summed E-state index contributed by atoms with van der Waals surface area (Å²) >= 11 is 1.56. The fourth-order valence-corrected chi connectivity index (χ4v) is 5.25. The van der Waals surface area contributed by atoms with Crippen molar-refractivity contribution >= 4 is 45.0 Å². The molecule has 3 rings (SSSR count). The summed E-state index contributed by atoms with van der Waals surface area (Å²) in [7, 11) is -2.47. The van der Waals surface area contributed by atoms with Gasteiger partial charge in [-0.2, -0.15) is 4.31 Å². The molecule has 1 heterocycles. The molecule has 160 valence electrons. The summed E-state index contributed by atoms with van der Waals surface area (Å²) in [5.74, 6) is -0.493. The largest absolute Gasteiger partial charge is 0.325 e. The number of anilines is 2. The lowest BCUT2D eigenvalue weighted by molar-refractivity contribution is -0.117. The summed E-state index contributed by atoms with van der Waals surface area (Å²) in [4.78, 5) is 27.0. The minimum Gasteiger partial charge on any atom is -0.325 e. The van der Waals surface area contributed by atoms with E-state index >= 15 is 0 Å². The van der Waals surface area contributed by atoms with Gasteiger partial charge in [-0.15, -0.1) is 11.8 Å². The number of amides is 2. The quantitative estimate of drug-likeness (QED) is 0.688. The molecular weight excluding hydrogens is 422 g/mol. The Bertz CT molecular complexity index is 1090. The summed E-state index contributed by atoms with van der Waals surface area (Å²) < 4.78 is 27.0. The monoisotopic (exact) mass is 447 g/mol. The Labute approximate surface area is 181 Å². The second-order valence-corrected chi connectivity index (χ2v) is 10.2. The first-order chi connectivity index (χ1) is 14.1. The maximum Gasteiger partial charge on any atom is 0.243 e. The summed E-state index contributed by atoms with van der Waals surface area (Å²) in [6, 6.07) is 12.1. The van der Waals surface area contributed by atoms with Gasteiger partial charge in [-0.1, -0.05) is 6.07 Å². The van der Waals surface area contributed by atoms with E-state index in [0.29, 0.717) is 12.1 Å². The molecule has 0 bridgehead atoms. The molecule has 30 heavy (non-hydrogen) atoms. The molecule has 2 amide bonds. The molecule has 1 N–H and O–H groups in total. The van der Waals surface area contributed by atoms with Crippen LogP contribution in [0.1, 0.15) is 19.4 Å². The number of rotatable bonds is 6. The zero-order valence-electron chi connectivity index (χ0n) is 17.4. The highest BCUT2D eigenvalue weighted by molar-refractivity contribution is 7.98. The molecule has 1 atom stereocenters. The Morgan fingerprint density at radius 1 is 1.23 bits per heavy atom. The number of nitrogens with zero attached hydrogens (tertiary/aromatic N) is 2. The van der Waals surface area contributed by atoms with Crippen molar-refractivity contribution in [1.82, 2.24) is 4.31 Å². The van der Waals surface area contributed by atoms with Crippen molar-refractivity contribution in [2.75, 3.05) is 30.1 Å². The lowest BCUT2D eigenvalue weighted by Gasteiger charge is -2.21. The molecule has 0 saturated heterocycles. The van der Waals surface area contributed by atoms with Crippen LogP contribution in [-0.2, 0) is 26.0 Å². The van der Waals surface area contributed by atoms with Crippen LogP contribution in [0.5, 0.6) is 0 Å². The van der Waals surface area contributed by atoms with Crippen LogP contribution in [0, 0.1) is 0 Å². The average Bonchev–Trinajstić information content (AvgIpc) is 3.02. The number of benzene rings is 2. The van der Waals surface area contributed by atoms with Gasteiger partial charge in [0.15, 0.2) is 0 Å². The highest BCUT2D eigenvalue weighted by atomic mass is 32.2. The van der Waals surface area contributed by atoms with E-state index < -0.39 is 15.9 Å². The third-order valence-corrected chi connectivity index (χ3v) is 7.56. The van der Waals surface area contributed by atoms with E-state index in [1.807, 2.05) is 31.4 Å². The van der Waals surface area contributed by atoms with Crippen LogP contribution in [0.25, 0.3) is 0 Å². The van der Waals surface area contributed by atoms with E-state index in [9.17, 15) is 18.0 Å². The fourth-order valence-electron chi connectivity index (χ4n) is 3.62. The Morgan fingerprint density at radius 3 is 2.63 bits per heavy atom. The van der Waals surface area contributed by atoms with Crippen LogP contribution in [0.15, 0.2) is 52.3 Å². The van der Waals surface area contributed by atoms with Gasteiger partial charge in [0.2, 0.25) is 21.8 Å². The van der Waals surface area contributed by atoms with Crippen LogP contribution in [-0.4, -0.2) is 50.4 Å². The van der Waals surface area contributed by atoms with Gasteiger partial charge in [0.25, 0.3) is 0 Å². The first-order valence-corrected chi connectivity index (χ1v) is 12.1. The van der Waals surface area contributed by atoms with Crippen molar-refractivity contribution in [3.05, 3.63) is 48.0 Å². The number of hydrogen-bond donors (Lipinski definition) is 1. The first kappa shape index (κ1) is 22.3. The molecule has 7 nitrogen and oxygen atoms in total. The number of carbonyl (C=O) groups excluding carboxylic acids is 2. The van der Waals surface area contributed by atoms with E-state index in [-0.39, 0.29) is 23.4 Å². The van der Waals surface area contributed by atoms with Gasteiger partial charge < -0.3 is 10.2 Å². The summed E-state index contributed by atoms with van der Waals surface area (Å²) in [6.45, 7) is 3.12. The lowest BCUT2D eigenvalue weighted by atomic mass is 10.1. The minimum atomic E-state index is -3.85. The Hall–Kier alpha value is -2.36. The smallest absolute Gasteiger partial charge is 0.243 e. The van der Waals surface area contributed by atoms with Crippen LogP contribution >= 0.6 is 11.8 Å². The van der Waals surface area contributed by atoms with Crippen molar-refractivity contribution in [1.29, 1.82) is 0 Å². The number of fused-ring (bicyclic) bond motifs is 1. The van der Waals surface area contributed by atoms with Gasteiger partial charge in [0, 0.05) is 36.3 Å². The molecule has 0 radical (unpaired) electrons. The normalized spacial score (nSPS) is 15.9. The molecule has 0 aromatic heterocycles. The number of sulfonamides is 1. The first-order valence-electron chi connectivity index (χ1n) is 9.46. The Morgan fingerprint density at radius 2 is 1.97 bits per heavy atom. The summed E-state index contributed by atoms with van der Waals surface area (Å²) in [5, 5.41) is 2.73. The topological polar surface area (TPSA) is 86.8 Å². The SMILES string of the molecule is CSc1cccc(NC(=O)CN(C)S(=O)(=O)c2ccc3c(c2)CC(C)N3C(C)=O)c1. The molecule has 0 fully saturated rings. The average molecular weight is 448 g/mol. The molecule has 2 aromatic rings. The van der Waals surface area contributed by atoms with Crippen molar-refractivity contribution in [3.8, 4) is 0 Å². The molecule has 1 aliphatic heterocycles. The maximum atomic E-state index is 13.0. The van der Waals surface area contributed by atoms with Crippen molar-refractivity contribution < 1.29 is 18.0 Å². The number of carbonyl (C=O) groups is 2. The van der Waals surface area contributed by atoms with Crippen molar-refractivity contribution in [2.24, 2.45) is 0 Å². The molecule has 1 unspecified atom stereocenters. The van der Waals surface area contributed by atoms with Crippen LogP contribution in [0.4, 0.5) is 11.4 Å². The van der Waals surface area contributed by atoms with Crippen LogP contribution < -0.4 is 10.2 Å². The van der Waals surface area contributed by atoms with E-state index in [1.54, 1.807) is 34.9 Å². The zero-order valence-corrected chi connectivity index (χ0v) is 19.0. The number of nitrogens with one attached hydrogen (secondary N) is 1. The predicted molar refractivity (Wildman–Crippen MR) is 119 cm³/mol. The maximum absolute atomic E-state index is 13.0. The molecule has 0 spiro atoms. The standard InChI is InChI=1S/C21H25N3O4S2/c1-14-10-16-11-19(8-9-20(16)24(14)15(2)25)30(27,28)23(3)13-21(26)22-17-6-5-7-18(12-17)29-4/h5-9,11-12,14H,10,13H2,1-4H3,(H,22,26). The number of likely N-dealkylation sites (N-methyl/N-ethyl adjacent to an activating group) is 1. The van der Waals surface area contributed by atoms with E-state index in [2.05, 4.69) is 5.32 Å². The summed E-state index contributed by atoms with van der Waals surface area (Å²) in [5.41, 5.74) is 2.17. The van der Waals surface area contributed by atoms with Gasteiger partial charge >= 0.3 is 0 Å². The van der Waals surface area contributed by atoms with Gasteiger partial charge in [-0.05, 0) is 61.6 Å². The van der Waals surface area contributed by atoms with E-state index in [1.165, 1.54) is 20.0 Å². The van der Waals surface area contributed by atoms with Gasteiger partial charge in [0.1, 0.15) is 0 Å². The van der Waals surface area contributed by atoms with Crippen molar-refractivity contribution in [2.45, 2.75) is 36.1 Å².